The minimum Gasteiger partial charge on any atom is -0.497 e. The number of fused-ring (bicyclic) bond motifs is 1. The SMILES string of the molecule is COc1cc(F)cc(CN2CCn3nc(COc4ccccc4)cc3C2=O)c1. The van der Waals surface area contributed by atoms with Gasteiger partial charge in [0.05, 0.1) is 13.7 Å². The van der Waals surface area contributed by atoms with Crippen LogP contribution in [0.25, 0.3) is 0 Å². The van der Waals surface area contributed by atoms with Gasteiger partial charge in [-0.1, -0.05) is 18.2 Å². The average molecular weight is 381 g/mol. The first-order valence-corrected chi connectivity index (χ1v) is 8.99. The highest BCUT2D eigenvalue weighted by molar-refractivity contribution is 5.93. The Bertz CT molecular complexity index is 988. The molecule has 2 aromatic carbocycles. The fraction of sp³-hybridized carbons (Fsp3) is 0.238. The molecule has 2 heterocycles. The number of ether oxygens (including phenoxy) is 2. The summed E-state index contributed by atoms with van der Waals surface area (Å²) < 4.78 is 26.2. The van der Waals surface area contributed by atoms with E-state index in [1.165, 1.54) is 19.2 Å². The molecule has 0 fully saturated rings. The predicted octanol–water partition coefficient (Wildman–Crippen LogP) is 3.27. The Kier molecular flexibility index (Phi) is 4.97. The molecular formula is C21H20FN3O3. The third kappa shape index (κ3) is 3.83. The number of amides is 1. The Labute approximate surface area is 162 Å². The lowest BCUT2D eigenvalue weighted by molar-refractivity contribution is 0.0683. The number of para-hydroxylation sites is 1. The van der Waals surface area contributed by atoms with Crippen molar-refractivity contribution < 1.29 is 18.7 Å². The van der Waals surface area contributed by atoms with Crippen LogP contribution >= 0.6 is 0 Å². The topological polar surface area (TPSA) is 56.6 Å². The van der Waals surface area contributed by atoms with Crippen LogP contribution in [-0.2, 0) is 19.7 Å². The molecule has 0 unspecified atom stereocenters. The van der Waals surface area contributed by atoms with Crippen molar-refractivity contribution in [2.75, 3.05) is 13.7 Å². The van der Waals surface area contributed by atoms with E-state index in [1.807, 2.05) is 30.3 Å². The van der Waals surface area contributed by atoms with Crippen LogP contribution < -0.4 is 9.47 Å². The van der Waals surface area contributed by atoms with Crippen LogP contribution in [0.15, 0.2) is 54.6 Å². The molecule has 4 rings (SSSR count). The molecule has 0 saturated heterocycles. The Hall–Kier alpha value is -3.35. The van der Waals surface area contributed by atoms with E-state index in [2.05, 4.69) is 5.10 Å². The lowest BCUT2D eigenvalue weighted by Gasteiger charge is -2.27. The van der Waals surface area contributed by atoms with Crippen LogP contribution in [0, 0.1) is 5.82 Å². The number of hydrogen-bond acceptors (Lipinski definition) is 4. The van der Waals surface area contributed by atoms with Crippen molar-refractivity contribution in [3.05, 3.63) is 77.4 Å². The second-order valence-electron chi connectivity index (χ2n) is 6.57. The molecule has 0 atom stereocenters. The lowest BCUT2D eigenvalue weighted by atomic mass is 10.1. The van der Waals surface area contributed by atoms with Crippen LogP contribution in [0.3, 0.4) is 0 Å². The van der Waals surface area contributed by atoms with Gasteiger partial charge in [-0.3, -0.25) is 9.48 Å². The van der Waals surface area contributed by atoms with Gasteiger partial charge in [0.2, 0.25) is 0 Å². The molecule has 28 heavy (non-hydrogen) atoms. The van der Waals surface area contributed by atoms with Crippen molar-refractivity contribution in [2.45, 2.75) is 19.7 Å². The highest BCUT2D eigenvalue weighted by Crippen LogP contribution is 2.21. The molecule has 0 saturated carbocycles. The summed E-state index contributed by atoms with van der Waals surface area (Å²) in [5.74, 6) is 0.670. The standard InChI is InChI=1S/C21H20FN3O3/c1-27-19-10-15(9-16(22)11-19)13-24-7-8-25-20(21(24)26)12-17(23-25)14-28-18-5-3-2-4-6-18/h2-6,9-12H,7-8,13-14H2,1H3. The van der Waals surface area contributed by atoms with Crippen molar-refractivity contribution >= 4 is 5.91 Å². The van der Waals surface area contributed by atoms with Crippen molar-refractivity contribution in [1.82, 2.24) is 14.7 Å². The largest absolute Gasteiger partial charge is 0.497 e. The molecule has 0 bridgehead atoms. The van der Waals surface area contributed by atoms with Crippen LogP contribution in [0.5, 0.6) is 11.5 Å². The molecule has 0 spiro atoms. The van der Waals surface area contributed by atoms with E-state index in [0.29, 0.717) is 48.9 Å². The van der Waals surface area contributed by atoms with Gasteiger partial charge >= 0.3 is 0 Å². The molecule has 1 aromatic heterocycles. The number of methoxy groups -OCH3 is 1. The maximum atomic E-state index is 13.7. The summed E-state index contributed by atoms with van der Waals surface area (Å²) in [4.78, 5) is 14.5. The number of hydrogen-bond donors (Lipinski definition) is 0. The zero-order chi connectivity index (χ0) is 19.5. The zero-order valence-corrected chi connectivity index (χ0v) is 15.5. The highest BCUT2D eigenvalue weighted by Gasteiger charge is 2.26. The second-order valence-corrected chi connectivity index (χ2v) is 6.57. The zero-order valence-electron chi connectivity index (χ0n) is 15.5. The number of halogens is 1. The van der Waals surface area contributed by atoms with Gasteiger partial charge in [-0.2, -0.15) is 5.10 Å². The van der Waals surface area contributed by atoms with Crippen LogP contribution in [-0.4, -0.2) is 34.2 Å². The number of rotatable bonds is 6. The van der Waals surface area contributed by atoms with Gasteiger partial charge in [-0.05, 0) is 35.9 Å². The summed E-state index contributed by atoms with van der Waals surface area (Å²) >= 11 is 0. The van der Waals surface area contributed by atoms with Crippen molar-refractivity contribution in [3.8, 4) is 11.5 Å². The van der Waals surface area contributed by atoms with E-state index >= 15 is 0 Å². The van der Waals surface area contributed by atoms with Crippen molar-refractivity contribution in [2.24, 2.45) is 0 Å². The Balaban J connectivity index is 1.46. The second kappa shape index (κ2) is 7.72. The molecule has 0 N–H and O–H groups in total. The summed E-state index contributed by atoms with van der Waals surface area (Å²) in [5.41, 5.74) is 1.90. The van der Waals surface area contributed by atoms with Gasteiger partial charge in [0.25, 0.3) is 5.91 Å². The summed E-state index contributed by atoms with van der Waals surface area (Å²) in [5, 5.41) is 4.46. The minimum absolute atomic E-state index is 0.132. The average Bonchev–Trinajstić information content (AvgIpc) is 3.13. The van der Waals surface area contributed by atoms with Crippen molar-refractivity contribution in [1.29, 1.82) is 0 Å². The third-order valence-electron chi connectivity index (χ3n) is 4.59. The summed E-state index contributed by atoms with van der Waals surface area (Å²) in [7, 11) is 1.49. The third-order valence-corrected chi connectivity index (χ3v) is 4.59. The van der Waals surface area contributed by atoms with E-state index < -0.39 is 0 Å². The van der Waals surface area contributed by atoms with Gasteiger partial charge in [-0.25, -0.2) is 4.39 Å². The molecule has 3 aromatic rings. The fourth-order valence-corrected chi connectivity index (χ4v) is 3.24. The van der Waals surface area contributed by atoms with E-state index in [1.54, 1.807) is 21.7 Å². The Morgan fingerprint density at radius 2 is 1.89 bits per heavy atom. The number of carbonyl (C=O) groups excluding carboxylic acids is 1. The monoisotopic (exact) mass is 381 g/mol. The Morgan fingerprint density at radius 3 is 2.68 bits per heavy atom. The lowest BCUT2D eigenvalue weighted by Crippen LogP contribution is -2.39. The minimum atomic E-state index is -0.385. The van der Waals surface area contributed by atoms with Crippen molar-refractivity contribution in [3.63, 3.8) is 0 Å². The van der Waals surface area contributed by atoms with E-state index in [4.69, 9.17) is 9.47 Å². The number of aromatic nitrogens is 2. The first-order chi connectivity index (χ1) is 13.6. The summed E-state index contributed by atoms with van der Waals surface area (Å²) in [6.45, 7) is 1.69. The van der Waals surface area contributed by atoms with E-state index in [0.717, 1.165) is 5.75 Å². The van der Waals surface area contributed by atoms with Gasteiger partial charge in [-0.15, -0.1) is 0 Å². The molecule has 144 valence electrons. The summed E-state index contributed by atoms with van der Waals surface area (Å²) in [6.07, 6.45) is 0. The Morgan fingerprint density at radius 1 is 1.07 bits per heavy atom. The molecule has 7 heteroatoms. The normalized spacial score (nSPS) is 13.4. The molecule has 1 aliphatic rings. The predicted molar refractivity (Wildman–Crippen MR) is 101 cm³/mol. The van der Waals surface area contributed by atoms with Crippen LogP contribution in [0.1, 0.15) is 21.7 Å². The maximum Gasteiger partial charge on any atom is 0.272 e. The van der Waals surface area contributed by atoms with E-state index in [9.17, 15) is 9.18 Å². The quantitative estimate of drug-likeness (QED) is 0.658. The molecule has 0 radical (unpaired) electrons. The van der Waals surface area contributed by atoms with Gasteiger partial charge in [0.15, 0.2) is 0 Å². The maximum absolute atomic E-state index is 13.7. The molecule has 1 amide bonds. The number of benzene rings is 2. The van der Waals surface area contributed by atoms with Gasteiger partial charge in [0, 0.05) is 19.2 Å². The molecule has 1 aliphatic heterocycles. The molecule has 6 nitrogen and oxygen atoms in total. The van der Waals surface area contributed by atoms with Crippen LogP contribution in [0.4, 0.5) is 4.39 Å². The highest BCUT2D eigenvalue weighted by atomic mass is 19.1. The first kappa shape index (κ1) is 18.0. The first-order valence-electron chi connectivity index (χ1n) is 8.99. The van der Waals surface area contributed by atoms with Gasteiger partial charge in [0.1, 0.15) is 35.3 Å². The summed E-state index contributed by atoms with van der Waals surface area (Å²) in [6, 6.07) is 15.7. The molecular weight excluding hydrogens is 361 g/mol. The van der Waals surface area contributed by atoms with Gasteiger partial charge < -0.3 is 14.4 Å². The van der Waals surface area contributed by atoms with E-state index in [-0.39, 0.29) is 11.7 Å². The number of carbonyl (C=O) groups is 1. The number of nitrogens with zero attached hydrogens (tertiary/aromatic N) is 3. The molecule has 0 aliphatic carbocycles. The van der Waals surface area contributed by atoms with Crippen LogP contribution in [0.2, 0.25) is 0 Å². The fourth-order valence-electron chi connectivity index (χ4n) is 3.24. The smallest absolute Gasteiger partial charge is 0.272 e.